The van der Waals surface area contributed by atoms with Crippen molar-refractivity contribution in [2.75, 3.05) is 13.1 Å². The first-order chi connectivity index (χ1) is 13.6. The minimum absolute atomic E-state index is 0.176. The molecule has 4 rings (SSSR count). The van der Waals surface area contributed by atoms with Gasteiger partial charge in [0.25, 0.3) is 5.91 Å². The van der Waals surface area contributed by atoms with Crippen LogP contribution in [-0.2, 0) is 0 Å². The first-order valence-corrected chi connectivity index (χ1v) is 9.32. The molecule has 0 saturated carbocycles. The maximum Gasteiger partial charge on any atom is 0.407 e. The molecule has 1 unspecified atom stereocenters. The average Bonchev–Trinajstić information content (AvgIpc) is 3.20. The molecule has 142 valence electrons. The van der Waals surface area contributed by atoms with E-state index in [1.807, 2.05) is 48.5 Å². The van der Waals surface area contributed by atoms with Crippen molar-refractivity contribution in [3.63, 3.8) is 0 Å². The Morgan fingerprint density at radius 3 is 2.36 bits per heavy atom. The van der Waals surface area contributed by atoms with Gasteiger partial charge in [-0.3, -0.25) is 4.79 Å². The predicted octanol–water partition coefficient (Wildman–Crippen LogP) is 3.62. The van der Waals surface area contributed by atoms with Gasteiger partial charge in [-0.05, 0) is 29.7 Å². The van der Waals surface area contributed by atoms with Gasteiger partial charge in [0.15, 0.2) is 0 Å². The number of hydrazone groups is 1. The second-order valence-electron chi connectivity index (χ2n) is 6.92. The summed E-state index contributed by atoms with van der Waals surface area (Å²) in [6.07, 6.45) is 2.33. The SMILES string of the molecule is O=C(O)N1CCC=C(C2CC(c3ccccc3)=NN2C(=O)c2ccccc2)C1. The lowest BCUT2D eigenvalue weighted by Gasteiger charge is -2.31. The van der Waals surface area contributed by atoms with Crippen LogP contribution in [0.5, 0.6) is 0 Å². The molecule has 0 bridgehead atoms. The zero-order valence-electron chi connectivity index (χ0n) is 15.4. The third kappa shape index (κ3) is 3.53. The van der Waals surface area contributed by atoms with Gasteiger partial charge >= 0.3 is 6.09 Å². The van der Waals surface area contributed by atoms with Crippen molar-refractivity contribution in [1.82, 2.24) is 9.91 Å². The summed E-state index contributed by atoms with van der Waals surface area (Å²) in [5.41, 5.74) is 3.30. The number of benzene rings is 2. The topological polar surface area (TPSA) is 73.2 Å². The monoisotopic (exact) mass is 375 g/mol. The minimum atomic E-state index is -0.936. The van der Waals surface area contributed by atoms with Crippen LogP contribution in [0.4, 0.5) is 4.79 Å². The molecule has 0 saturated heterocycles. The summed E-state index contributed by atoms with van der Waals surface area (Å²) in [6.45, 7) is 0.779. The highest BCUT2D eigenvalue weighted by atomic mass is 16.4. The van der Waals surface area contributed by atoms with E-state index in [2.05, 4.69) is 11.2 Å². The fourth-order valence-corrected chi connectivity index (χ4v) is 3.68. The molecule has 1 N–H and O–H groups in total. The number of carbonyl (C=O) groups excluding carboxylic acids is 1. The summed E-state index contributed by atoms with van der Waals surface area (Å²) in [7, 11) is 0. The third-order valence-corrected chi connectivity index (χ3v) is 5.12. The quantitative estimate of drug-likeness (QED) is 0.833. The second-order valence-corrected chi connectivity index (χ2v) is 6.92. The number of hydrogen-bond acceptors (Lipinski definition) is 3. The number of carboxylic acid groups (broad SMARTS) is 1. The molecule has 0 fully saturated rings. The van der Waals surface area contributed by atoms with Gasteiger partial charge in [0.1, 0.15) is 0 Å². The molecule has 2 aliphatic heterocycles. The molecule has 0 spiro atoms. The maximum atomic E-state index is 13.2. The van der Waals surface area contributed by atoms with Gasteiger partial charge < -0.3 is 10.0 Å². The van der Waals surface area contributed by atoms with E-state index in [9.17, 15) is 14.7 Å². The highest BCUT2D eigenvalue weighted by Gasteiger charge is 2.36. The Morgan fingerprint density at radius 2 is 1.68 bits per heavy atom. The van der Waals surface area contributed by atoms with E-state index in [0.29, 0.717) is 31.5 Å². The van der Waals surface area contributed by atoms with Crippen molar-refractivity contribution in [3.05, 3.63) is 83.4 Å². The van der Waals surface area contributed by atoms with Crippen LogP contribution in [0.1, 0.15) is 28.8 Å². The summed E-state index contributed by atoms with van der Waals surface area (Å²) < 4.78 is 0. The zero-order valence-corrected chi connectivity index (χ0v) is 15.4. The summed E-state index contributed by atoms with van der Waals surface area (Å²) in [5.74, 6) is -0.176. The number of hydrogen-bond donors (Lipinski definition) is 1. The van der Waals surface area contributed by atoms with Crippen LogP contribution < -0.4 is 0 Å². The lowest BCUT2D eigenvalue weighted by Crippen LogP contribution is -2.42. The van der Waals surface area contributed by atoms with Gasteiger partial charge in [0.2, 0.25) is 0 Å². The Bertz CT molecular complexity index is 938. The van der Waals surface area contributed by atoms with Crippen LogP contribution >= 0.6 is 0 Å². The van der Waals surface area contributed by atoms with Gasteiger partial charge in [0, 0.05) is 25.1 Å². The molecule has 0 aliphatic carbocycles. The lowest BCUT2D eigenvalue weighted by molar-refractivity contribution is 0.0728. The number of nitrogens with zero attached hydrogens (tertiary/aromatic N) is 3. The van der Waals surface area contributed by atoms with Crippen molar-refractivity contribution in [2.24, 2.45) is 5.10 Å². The first-order valence-electron chi connectivity index (χ1n) is 9.32. The Balaban J connectivity index is 1.67. The Kier molecular flexibility index (Phi) is 4.93. The second kappa shape index (κ2) is 7.68. The largest absolute Gasteiger partial charge is 0.465 e. The van der Waals surface area contributed by atoms with Crippen LogP contribution in [0.2, 0.25) is 0 Å². The molecule has 0 aromatic heterocycles. The molecule has 2 aromatic rings. The van der Waals surface area contributed by atoms with Crippen LogP contribution in [0, 0.1) is 0 Å². The Labute approximate surface area is 163 Å². The van der Waals surface area contributed by atoms with Crippen molar-refractivity contribution >= 4 is 17.7 Å². The van der Waals surface area contributed by atoms with Crippen LogP contribution in [0.3, 0.4) is 0 Å². The number of rotatable bonds is 3. The van der Waals surface area contributed by atoms with Crippen molar-refractivity contribution < 1.29 is 14.7 Å². The summed E-state index contributed by atoms with van der Waals surface area (Å²) >= 11 is 0. The fraction of sp³-hybridized carbons (Fsp3) is 0.227. The first kappa shape index (κ1) is 18.0. The van der Waals surface area contributed by atoms with Gasteiger partial charge in [-0.25, -0.2) is 9.80 Å². The molecule has 2 amide bonds. The van der Waals surface area contributed by atoms with E-state index in [1.165, 1.54) is 9.91 Å². The lowest BCUT2D eigenvalue weighted by atomic mass is 9.95. The molecule has 6 heteroatoms. The summed E-state index contributed by atoms with van der Waals surface area (Å²) in [5, 5.41) is 15.5. The van der Waals surface area contributed by atoms with Crippen molar-refractivity contribution in [1.29, 1.82) is 0 Å². The molecule has 1 atom stereocenters. The van der Waals surface area contributed by atoms with E-state index in [1.54, 1.807) is 12.1 Å². The van der Waals surface area contributed by atoms with Gasteiger partial charge in [-0.1, -0.05) is 54.6 Å². The average molecular weight is 375 g/mol. The van der Waals surface area contributed by atoms with Crippen LogP contribution in [0.25, 0.3) is 0 Å². The molecule has 28 heavy (non-hydrogen) atoms. The maximum absolute atomic E-state index is 13.2. The van der Waals surface area contributed by atoms with Crippen molar-refractivity contribution in [2.45, 2.75) is 18.9 Å². The standard InChI is InChI=1S/C22H21N3O3/c26-21(17-10-5-2-6-11-17)25-20(18-12-7-13-24(15-18)22(27)28)14-19(23-25)16-8-3-1-4-9-16/h1-6,8-12,20H,7,13-15H2,(H,27,28). The normalized spacial score (nSPS) is 19.2. The van der Waals surface area contributed by atoms with Gasteiger partial charge in [-0.2, -0.15) is 5.10 Å². The number of carbonyl (C=O) groups is 2. The van der Waals surface area contributed by atoms with Gasteiger partial charge in [-0.15, -0.1) is 0 Å². The van der Waals surface area contributed by atoms with E-state index >= 15 is 0 Å². The Hall–Kier alpha value is -3.41. The third-order valence-electron chi connectivity index (χ3n) is 5.12. The number of amides is 2. The molecule has 6 nitrogen and oxygen atoms in total. The highest BCUT2D eigenvalue weighted by molar-refractivity contribution is 6.05. The van der Waals surface area contributed by atoms with E-state index in [4.69, 9.17) is 0 Å². The zero-order chi connectivity index (χ0) is 19.5. The molecular formula is C22H21N3O3. The van der Waals surface area contributed by atoms with E-state index in [-0.39, 0.29) is 11.9 Å². The molecule has 0 radical (unpaired) electrons. The Morgan fingerprint density at radius 1 is 1.00 bits per heavy atom. The van der Waals surface area contributed by atoms with Crippen molar-refractivity contribution in [3.8, 4) is 0 Å². The van der Waals surface area contributed by atoms with Crippen LogP contribution in [0.15, 0.2) is 77.4 Å². The summed E-state index contributed by atoms with van der Waals surface area (Å²) in [4.78, 5) is 26.0. The van der Waals surface area contributed by atoms with E-state index in [0.717, 1.165) is 16.8 Å². The van der Waals surface area contributed by atoms with Gasteiger partial charge in [0.05, 0.1) is 11.8 Å². The smallest absolute Gasteiger partial charge is 0.407 e. The molecular weight excluding hydrogens is 354 g/mol. The molecule has 2 heterocycles. The molecule has 2 aliphatic rings. The fourth-order valence-electron chi connectivity index (χ4n) is 3.68. The molecule has 2 aromatic carbocycles. The van der Waals surface area contributed by atoms with E-state index < -0.39 is 6.09 Å². The summed E-state index contributed by atoms with van der Waals surface area (Å²) in [6, 6.07) is 18.6. The van der Waals surface area contributed by atoms with Crippen LogP contribution in [-0.4, -0.2) is 51.9 Å². The minimum Gasteiger partial charge on any atom is -0.465 e. The predicted molar refractivity (Wildman–Crippen MR) is 106 cm³/mol. The highest BCUT2D eigenvalue weighted by Crippen LogP contribution is 2.29.